The fourth-order valence-corrected chi connectivity index (χ4v) is 2.28. The number of ether oxygens (including phenoxy) is 1. The summed E-state index contributed by atoms with van der Waals surface area (Å²) in [6.45, 7) is 1.64. The highest BCUT2D eigenvalue weighted by molar-refractivity contribution is 5.28. The summed E-state index contributed by atoms with van der Waals surface area (Å²) in [5.41, 5.74) is 8.14. The van der Waals surface area contributed by atoms with Crippen LogP contribution in [0.25, 0.3) is 0 Å². The summed E-state index contributed by atoms with van der Waals surface area (Å²) in [7, 11) is 3.62. The molecule has 0 amide bonds. The van der Waals surface area contributed by atoms with Gasteiger partial charge in [-0.05, 0) is 36.4 Å². The first-order valence-corrected chi connectivity index (χ1v) is 6.91. The smallest absolute Gasteiger partial charge is 0.128 e. The fraction of sp³-hybridized carbons (Fsp3) is 0.294. The van der Waals surface area contributed by atoms with Crippen molar-refractivity contribution in [3.63, 3.8) is 0 Å². The van der Waals surface area contributed by atoms with Crippen molar-refractivity contribution in [3.05, 3.63) is 65.0 Å². The lowest BCUT2D eigenvalue weighted by atomic mass is 10.1. The second kappa shape index (κ2) is 7.20. The first-order chi connectivity index (χ1) is 10.1. The quantitative estimate of drug-likeness (QED) is 0.888. The Morgan fingerprint density at radius 1 is 1.10 bits per heavy atom. The van der Waals surface area contributed by atoms with Crippen molar-refractivity contribution in [2.24, 2.45) is 5.73 Å². The first kappa shape index (κ1) is 15.5. The first-order valence-electron chi connectivity index (χ1n) is 6.91. The van der Waals surface area contributed by atoms with Crippen molar-refractivity contribution in [1.82, 2.24) is 4.90 Å². The van der Waals surface area contributed by atoms with E-state index in [1.54, 1.807) is 13.2 Å². The summed E-state index contributed by atoms with van der Waals surface area (Å²) in [5, 5.41) is 0. The maximum Gasteiger partial charge on any atom is 0.128 e. The number of hydrogen-bond donors (Lipinski definition) is 1. The van der Waals surface area contributed by atoms with Gasteiger partial charge in [0.05, 0.1) is 7.11 Å². The number of hydrogen-bond acceptors (Lipinski definition) is 3. The van der Waals surface area contributed by atoms with Crippen LogP contribution in [0.2, 0.25) is 0 Å². The topological polar surface area (TPSA) is 38.5 Å². The van der Waals surface area contributed by atoms with Gasteiger partial charge in [-0.1, -0.05) is 24.3 Å². The number of nitrogens with two attached hydrogens (primary N) is 1. The molecule has 0 bridgehead atoms. The van der Waals surface area contributed by atoms with E-state index in [1.807, 2.05) is 37.4 Å². The molecule has 0 saturated heterocycles. The third kappa shape index (κ3) is 4.28. The van der Waals surface area contributed by atoms with E-state index in [1.165, 1.54) is 6.07 Å². The Labute approximate surface area is 125 Å². The van der Waals surface area contributed by atoms with Gasteiger partial charge in [-0.3, -0.25) is 4.90 Å². The summed E-state index contributed by atoms with van der Waals surface area (Å²) >= 11 is 0. The third-order valence-corrected chi connectivity index (χ3v) is 3.38. The van der Waals surface area contributed by atoms with Gasteiger partial charge < -0.3 is 10.5 Å². The molecule has 0 aliphatic carbocycles. The predicted molar refractivity (Wildman–Crippen MR) is 82.5 cm³/mol. The molecular weight excluding hydrogens is 267 g/mol. The van der Waals surface area contributed by atoms with E-state index in [4.69, 9.17) is 10.5 Å². The number of rotatable bonds is 6. The van der Waals surface area contributed by atoms with Crippen molar-refractivity contribution in [3.8, 4) is 5.75 Å². The van der Waals surface area contributed by atoms with Gasteiger partial charge in [0.25, 0.3) is 0 Å². The van der Waals surface area contributed by atoms with Gasteiger partial charge in [0.15, 0.2) is 0 Å². The monoisotopic (exact) mass is 288 g/mol. The fourth-order valence-electron chi connectivity index (χ4n) is 2.28. The van der Waals surface area contributed by atoms with E-state index in [2.05, 4.69) is 4.90 Å². The van der Waals surface area contributed by atoms with Crippen LogP contribution in [-0.2, 0) is 19.6 Å². The van der Waals surface area contributed by atoms with Gasteiger partial charge in [-0.25, -0.2) is 4.39 Å². The summed E-state index contributed by atoms with van der Waals surface area (Å²) < 4.78 is 19.2. The third-order valence-electron chi connectivity index (χ3n) is 3.38. The molecule has 3 nitrogen and oxygen atoms in total. The van der Waals surface area contributed by atoms with E-state index in [0.717, 1.165) is 23.4 Å². The number of benzene rings is 2. The van der Waals surface area contributed by atoms with Crippen molar-refractivity contribution in [2.75, 3.05) is 14.2 Å². The highest BCUT2D eigenvalue weighted by Gasteiger charge is 2.07. The van der Waals surface area contributed by atoms with Gasteiger partial charge in [0.2, 0.25) is 0 Å². The molecule has 0 aliphatic rings. The molecule has 0 atom stereocenters. The summed E-state index contributed by atoms with van der Waals surface area (Å²) in [5.74, 6) is 0.634. The van der Waals surface area contributed by atoms with Crippen LogP contribution in [0.1, 0.15) is 16.7 Å². The molecule has 0 aliphatic heterocycles. The molecular formula is C17H21FN2O. The zero-order valence-electron chi connectivity index (χ0n) is 12.5. The van der Waals surface area contributed by atoms with Crippen LogP contribution in [0.5, 0.6) is 5.75 Å². The molecule has 0 heterocycles. The molecule has 2 rings (SSSR count). The zero-order valence-corrected chi connectivity index (χ0v) is 12.5. The molecule has 2 aromatic carbocycles. The molecule has 0 radical (unpaired) electrons. The lowest BCUT2D eigenvalue weighted by Gasteiger charge is -2.18. The van der Waals surface area contributed by atoms with Crippen molar-refractivity contribution in [2.45, 2.75) is 19.6 Å². The normalized spacial score (nSPS) is 10.9. The summed E-state index contributed by atoms with van der Waals surface area (Å²) in [6.07, 6.45) is 0. The Morgan fingerprint density at radius 3 is 2.57 bits per heavy atom. The SMILES string of the molecule is COc1cccc(CN(C)Cc2ccc(CN)cc2F)c1. The minimum atomic E-state index is -0.199. The Balaban J connectivity index is 2.02. The Bertz CT molecular complexity index is 601. The Kier molecular flexibility index (Phi) is 5.31. The Hall–Kier alpha value is -1.91. The molecule has 2 N–H and O–H groups in total. The van der Waals surface area contributed by atoms with Crippen molar-refractivity contribution < 1.29 is 9.13 Å². The van der Waals surface area contributed by atoms with Gasteiger partial charge >= 0.3 is 0 Å². The molecule has 0 aromatic heterocycles. The van der Waals surface area contributed by atoms with E-state index < -0.39 is 0 Å². The van der Waals surface area contributed by atoms with E-state index >= 15 is 0 Å². The second-order valence-corrected chi connectivity index (χ2v) is 5.15. The molecule has 0 spiro atoms. The molecule has 112 valence electrons. The zero-order chi connectivity index (χ0) is 15.2. The standard InChI is InChI=1S/C17H21FN2O/c1-20(11-14-4-3-5-16(8-14)21-2)12-15-7-6-13(10-19)9-17(15)18/h3-9H,10-12,19H2,1-2H3. The maximum atomic E-state index is 14.0. The number of halogens is 1. The average molecular weight is 288 g/mol. The average Bonchev–Trinajstić information content (AvgIpc) is 2.49. The van der Waals surface area contributed by atoms with Crippen LogP contribution in [-0.4, -0.2) is 19.1 Å². The molecule has 21 heavy (non-hydrogen) atoms. The van der Waals surface area contributed by atoms with E-state index in [-0.39, 0.29) is 5.82 Å². The lowest BCUT2D eigenvalue weighted by Crippen LogP contribution is -2.18. The summed E-state index contributed by atoms with van der Waals surface area (Å²) in [6, 6.07) is 13.1. The lowest BCUT2D eigenvalue weighted by molar-refractivity contribution is 0.312. The van der Waals surface area contributed by atoms with Gasteiger partial charge in [-0.15, -0.1) is 0 Å². The molecule has 4 heteroatoms. The highest BCUT2D eigenvalue weighted by Crippen LogP contribution is 2.16. The largest absolute Gasteiger partial charge is 0.497 e. The second-order valence-electron chi connectivity index (χ2n) is 5.15. The van der Waals surface area contributed by atoms with Gasteiger partial charge in [0.1, 0.15) is 11.6 Å². The van der Waals surface area contributed by atoms with Crippen molar-refractivity contribution in [1.29, 1.82) is 0 Å². The van der Waals surface area contributed by atoms with Crippen LogP contribution in [0.4, 0.5) is 4.39 Å². The molecule has 0 saturated carbocycles. The van der Waals surface area contributed by atoms with Gasteiger partial charge in [-0.2, -0.15) is 0 Å². The minimum Gasteiger partial charge on any atom is -0.497 e. The van der Waals surface area contributed by atoms with Crippen LogP contribution in [0.15, 0.2) is 42.5 Å². The Morgan fingerprint density at radius 2 is 1.90 bits per heavy atom. The van der Waals surface area contributed by atoms with Crippen LogP contribution < -0.4 is 10.5 Å². The van der Waals surface area contributed by atoms with Crippen LogP contribution >= 0.6 is 0 Å². The summed E-state index contributed by atoms with van der Waals surface area (Å²) in [4.78, 5) is 2.06. The molecule has 0 unspecified atom stereocenters. The van der Waals surface area contributed by atoms with Crippen molar-refractivity contribution >= 4 is 0 Å². The minimum absolute atomic E-state index is 0.199. The van der Waals surface area contributed by atoms with Crippen LogP contribution in [0, 0.1) is 5.82 Å². The maximum absolute atomic E-state index is 14.0. The van der Waals surface area contributed by atoms with Gasteiger partial charge in [0, 0.05) is 25.2 Å². The number of methoxy groups -OCH3 is 1. The predicted octanol–water partition coefficient (Wildman–Crippen LogP) is 2.93. The highest BCUT2D eigenvalue weighted by atomic mass is 19.1. The van der Waals surface area contributed by atoms with E-state index in [0.29, 0.717) is 18.7 Å². The van der Waals surface area contributed by atoms with Crippen LogP contribution in [0.3, 0.4) is 0 Å². The van der Waals surface area contributed by atoms with E-state index in [9.17, 15) is 4.39 Å². The molecule has 2 aromatic rings. The number of nitrogens with zero attached hydrogens (tertiary/aromatic N) is 1. The molecule has 0 fully saturated rings.